The molecule has 4 rings (SSSR count). The van der Waals surface area contributed by atoms with Crippen LogP contribution in [-0.4, -0.2) is 46.1 Å². The molecular weight excluding hydrogens is 406 g/mol. The van der Waals surface area contributed by atoms with E-state index >= 15 is 0 Å². The molecule has 1 saturated carbocycles. The third-order valence-corrected chi connectivity index (χ3v) is 6.23. The molecule has 0 radical (unpaired) electrons. The predicted octanol–water partition coefficient (Wildman–Crippen LogP) is 3.70. The highest BCUT2D eigenvalue weighted by atomic mass is 16.6. The second kappa shape index (κ2) is 9.52. The molecule has 2 N–H and O–H groups in total. The van der Waals surface area contributed by atoms with Gasteiger partial charge in [0.25, 0.3) is 5.69 Å². The zero-order valence-corrected chi connectivity index (χ0v) is 18.9. The van der Waals surface area contributed by atoms with Crippen LogP contribution in [0.5, 0.6) is 0 Å². The maximum atomic E-state index is 10.9. The Kier molecular flexibility index (Phi) is 6.55. The largest absolute Gasteiger partial charge is 0.362 e. The fraction of sp³-hybridized carbons (Fsp3) is 0.478. The molecule has 9 nitrogen and oxygen atoms in total. The molecule has 1 aliphatic rings. The summed E-state index contributed by atoms with van der Waals surface area (Å²) < 4.78 is 1.82. The van der Waals surface area contributed by atoms with Crippen molar-refractivity contribution in [3.05, 3.63) is 52.3 Å². The molecule has 32 heavy (non-hydrogen) atoms. The van der Waals surface area contributed by atoms with Crippen molar-refractivity contribution in [3.63, 3.8) is 0 Å². The Balaban J connectivity index is 1.28. The summed E-state index contributed by atoms with van der Waals surface area (Å²) >= 11 is 0. The Bertz CT molecular complexity index is 1090. The summed E-state index contributed by atoms with van der Waals surface area (Å²) in [5, 5.41) is 19.0. The Labute approximate surface area is 188 Å². The predicted molar refractivity (Wildman–Crippen MR) is 127 cm³/mol. The van der Waals surface area contributed by atoms with Gasteiger partial charge in [-0.25, -0.2) is 4.98 Å². The number of hydrogen-bond donors (Lipinski definition) is 2. The fourth-order valence-corrected chi connectivity index (χ4v) is 4.43. The van der Waals surface area contributed by atoms with E-state index < -0.39 is 0 Å². The van der Waals surface area contributed by atoms with Crippen LogP contribution in [0.3, 0.4) is 0 Å². The Morgan fingerprint density at radius 3 is 2.62 bits per heavy atom. The minimum atomic E-state index is -0.349. The van der Waals surface area contributed by atoms with E-state index in [4.69, 9.17) is 9.97 Å². The number of nitro groups is 1. The van der Waals surface area contributed by atoms with Crippen molar-refractivity contribution >= 4 is 28.4 Å². The third kappa shape index (κ3) is 4.99. The lowest BCUT2D eigenvalue weighted by Gasteiger charge is -2.29. The van der Waals surface area contributed by atoms with Crippen LogP contribution in [0.2, 0.25) is 0 Å². The first kappa shape index (κ1) is 22.0. The summed E-state index contributed by atoms with van der Waals surface area (Å²) in [4.78, 5) is 22.1. The van der Waals surface area contributed by atoms with Crippen LogP contribution < -0.4 is 15.5 Å². The lowest BCUT2D eigenvalue weighted by molar-refractivity contribution is -0.384. The molecule has 0 spiro atoms. The molecule has 1 aliphatic carbocycles. The van der Waals surface area contributed by atoms with Crippen molar-refractivity contribution in [3.8, 4) is 0 Å². The molecule has 2 aromatic heterocycles. The first-order valence-corrected chi connectivity index (χ1v) is 11.1. The minimum absolute atomic E-state index is 0.143. The number of rotatable bonds is 8. The molecule has 0 atom stereocenters. The summed E-state index contributed by atoms with van der Waals surface area (Å²) in [6.45, 7) is 1.56. The van der Waals surface area contributed by atoms with Gasteiger partial charge in [0.05, 0.1) is 16.6 Å². The lowest BCUT2D eigenvalue weighted by Crippen LogP contribution is -2.32. The van der Waals surface area contributed by atoms with Crippen LogP contribution in [0.1, 0.15) is 31.4 Å². The van der Waals surface area contributed by atoms with Gasteiger partial charge in [-0.2, -0.15) is 4.98 Å². The standard InChI is InChI=1S/C23H31N7O2/c1-28(2)22-20-6-4-5-7-21(20)26-23(27-22)25-17-10-8-16(9-11-17)13-24-14-18-12-19(30(31)32)15-29(18)3/h4-7,12,15-17,24H,8-11,13-14H2,1-3H3,(H,25,26,27). The minimum Gasteiger partial charge on any atom is -0.362 e. The average molecular weight is 438 g/mol. The average Bonchev–Trinajstić information content (AvgIpc) is 3.15. The van der Waals surface area contributed by atoms with Gasteiger partial charge in [-0.1, -0.05) is 12.1 Å². The van der Waals surface area contributed by atoms with Crippen molar-refractivity contribution < 1.29 is 4.92 Å². The van der Waals surface area contributed by atoms with E-state index in [2.05, 4.69) is 16.7 Å². The molecular formula is C23H31N7O2. The monoisotopic (exact) mass is 437 g/mol. The summed E-state index contributed by atoms with van der Waals surface area (Å²) in [7, 11) is 5.85. The van der Waals surface area contributed by atoms with Gasteiger partial charge in [-0.3, -0.25) is 10.1 Å². The summed E-state index contributed by atoms with van der Waals surface area (Å²) in [6, 6.07) is 10.1. The molecule has 0 amide bonds. The highest BCUT2D eigenvalue weighted by Gasteiger charge is 2.22. The van der Waals surface area contributed by atoms with E-state index in [0.29, 0.717) is 24.5 Å². The van der Waals surface area contributed by atoms with Crippen LogP contribution >= 0.6 is 0 Å². The molecule has 0 saturated heterocycles. The number of nitrogens with zero attached hydrogens (tertiary/aromatic N) is 5. The number of aryl methyl sites for hydroxylation is 1. The van der Waals surface area contributed by atoms with E-state index in [0.717, 1.165) is 54.6 Å². The van der Waals surface area contributed by atoms with Crippen molar-refractivity contribution in [2.45, 2.75) is 38.3 Å². The van der Waals surface area contributed by atoms with Crippen molar-refractivity contribution in [1.82, 2.24) is 19.9 Å². The van der Waals surface area contributed by atoms with Gasteiger partial charge in [0.15, 0.2) is 0 Å². The van der Waals surface area contributed by atoms with Crippen molar-refractivity contribution in [2.24, 2.45) is 13.0 Å². The van der Waals surface area contributed by atoms with Crippen LogP contribution in [0, 0.1) is 16.0 Å². The van der Waals surface area contributed by atoms with E-state index in [-0.39, 0.29) is 10.6 Å². The normalized spacial score (nSPS) is 18.6. The van der Waals surface area contributed by atoms with Crippen molar-refractivity contribution in [2.75, 3.05) is 30.9 Å². The zero-order chi connectivity index (χ0) is 22.7. The van der Waals surface area contributed by atoms with Gasteiger partial charge in [0.1, 0.15) is 5.82 Å². The fourth-order valence-electron chi connectivity index (χ4n) is 4.43. The van der Waals surface area contributed by atoms with Crippen LogP contribution in [0.25, 0.3) is 10.9 Å². The number of aromatic nitrogens is 3. The van der Waals surface area contributed by atoms with Crippen LogP contribution in [0.15, 0.2) is 36.5 Å². The number of anilines is 2. The summed E-state index contributed by atoms with van der Waals surface area (Å²) in [6.07, 6.45) is 5.98. The molecule has 1 aromatic carbocycles. The Hall–Kier alpha value is -3.20. The molecule has 3 aromatic rings. The van der Waals surface area contributed by atoms with Crippen LogP contribution in [0.4, 0.5) is 17.5 Å². The number of nitrogens with one attached hydrogen (secondary N) is 2. The van der Waals surface area contributed by atoms with E-state index in [1.54, 1.807) is 12.3 Å². The maximum Gasteiger partial charge on any atom is 0.287 e. The second-order valence-corrected chi connectivity index (χ2v) is 8.83. The van der Waals surface area contributed by atoms with Gasteiger partial charge < -0.3 is 20.1 Å². The summed E-state index contributed by atoms with van der Waals surface area (Å²) in [5.74, 6) is 2.23. The smallest absolute Gasteiger partial charge is 0.287 e. The Morgan fingerprint density at radius 1 is 1.19 bits per heavy atom. The topological polar surface area (TPSA) is 101 Å². The van der Waals surface area contributed by atoms with Gasteiger partial charge in [-0.05, 0) is 50.3 Å². The number of hydrogen-bond acceptors (Lipinski definition) is 7. The lowest BCUT2D eigenvalue weighted by atomic mass is 9.86. The van der Waals surface area contributed by atoms with Gasteiger partial charge in [0, 0.05) is 50.9 Å². The van der Waals surface area contributed by atoms with E-state index in [1.165, 1.54) is 0 Å². The third-order valence-electron chi connectivity index (χ3n) is 6.23. The number of fused-ring (bicyclic) bond motifs is 1. The molecule has 2 heterocycles. The zero-order valence-electron chi connectivity index (χ0n) is 18.9. The molecule has 9 heteroatoms. The van der Waals surface area contributed by atoms with E-state index in [1.807, 2.05) is 48.8 Å². The highest BCUT2D eigenvalue weighted by molar-refractivity contribution is 5.90. The number of para-hydroxylation sites is 1. The molecule has 1 fully saturated rings. The maximum absolute atomic E-state index is 10.9. The number of benzene rings is 1. The van der Waals surface area contributed by atoms with Gasteiger partial charge >= 0.3 is 0 Å². The molecule has 0 unspecified atom stereocenters. The summed E-state index contributed by atoms with van der Waals surface area (Å²) in [5.41, 5.74) is 2.02. The SMILES string of the molecule is CN(C)c1nc(NC2CCC(CNCc3cc([N+](=O)[O-])cn3C)CC2)nc2ccccc12. The van der Waals surface area contributed by atoms with Crippen LogP contribution in [-0.2, 0) is 13.6 Å². The second-order valence-electron chi connectivity index (χ2n) is 8.83. The first-order chi connectivity index (χ1) is 15.4. The van der Waals surface area contributed by atoms with Gasteiger partial charge in [-0.15, -0.1) is 0 Å². The molecule has 0 bridgehead atoms. The molecule has 170 valence electrons. The first-order valence-electron chi connectivity index (χ1n) is 11.1. The molecule has 0 aliphatic heterocycles. The van der Waals surface area contributed by atoms with Gasteiger partial charge in [0.2, 0.25) is 5.95 Å². The highest BCUT2D eigenvalue weighted by Crippen LogP contribution is 2.28. The van der Waals surface area contributed by atoms with E-state index in [9.17, 15) is 10.1 Å². The quantitative estimate of drug-likeness (QED) is 0.409. The van der Waals surface area contributed by atoms with Crippen molar-refractivity contribution in [1.29, 1.82) is 0 Å². The Morgan fingerprint density at radius 2 is 1.94 bits per heavy atom.